The Morgan fingerprint density at radius 1 is 1.36 bits per heavy atom. The first-order valence-electron chi connectivity index (χ1n) is 7.88. The Morgan fingerprint density at radius 3 is 2.64 bits per heavy atom. The van der Waals surface area contributed by atoms with Crippen LogP contribution in [0.5, 0.6) is 0 Å². The molecule has 0 radical (unpaired) electrons. The fourth-order valence-corrected chi connectivity index (χ4v) is 5.81. The number of ether oxygens (including phenoxy) is 1. The summed E-state index contributed by atoms with van der Waals surface area (Å²) in [7, 11) is 1.33. The van der Waals surface area contributed by atoms with Crippen molar-refractivity contribution in [1.82, 2.24) is 10.2 Å². The lowest BCUT2D eigenvalue weighted by atomic mass is 9.96. The number of benzene rings is 1. The number of methoxy groups -OCH3 is 1. The van der Waals surface area contributed by atoms with Crippen LogP contribution in [0.25, 0.3) is 0 Å². The smallest absolute Gasteiger partial charge is 0.330 e. The van der Waals surface area contributed by atoms with Gasteiger partial charge in [-0.1, -0.05) is 52.9 Å². The number of nitrogens with zero attached hydrogens (tertiary/aromatic N) is 1. The van der Waals surface area contributed by atoms with Crippen LogP contribution in [-0.2, 0) is 25.5 Å². The molecule has 0 spiro atoms. The van der Waals surface area contributed by atoms with Gasteiger partial charge in [0.1, 0.15) is 17.5 Å². The molecule has 2 heterocycles. The number of hydrogen-bond donors (Lipinski definition) is 1. The summed E-state index contributed by atoms with van der Waals surface area (Å²) in [6.07, 6.45) is 0.228. The average Bonchev–Trinajstić information content (AvgIpc) is 2.90. The summed E-state index contributed by atoms with van der Waals surface area (Å²) in [6.45, 7) is 1.96. The predicted octanol–water partition coefficient (Wildman–Crippen LogP) is 1.36. The van der Waals surface area contributed by atoms with Crippen LogP contribution < -0.4 is 5.32 Å². The Bertz CT molecular complexity index is 701. The van der Waals surface area contributed by atoms with E-state index in [9.17, 15) is 14.4 Å². The zero-order valence-corrected chi connectivity index (χ0v) is 16.9. The van der Waals surface area contributed by atoms with E-state index < -0.39 is 22.8 Å². The third kappa shape index (κ3) is 3.25. The van der Waals surface area contributed by atoms with E-state index >= 15 is 0 Å². The molecule has 2 amide bonds. The van der Waals surface area contributed by atoms with Gasteiger partial charge in [0.15, 0.2) is 0 Å². The second-order valence-electron chi connectivity index (χ2n) is 6.33. The van der Waals surface area contributed by atoms with Gasteiger partial charge in [0.2, 0.25) is 11.8 Å². The molecule has 1 aromatic carbocycles. The summed E-state index contributed by atoms with van der Waals surface area (Å²) in [6, 6.07) is 8.19. The molecule has 2 aliphatic rings. The van der Waals surface area contributed by atoms with E-state index in [0.717, 1.165) is 5.56 Å². The minimum absolute atomic E-state index is 0.192. The van der Waals surface area contributed by atoms with E-state index in [2.05, 4.69) is 27.9 Å². The van der Waals surface area contributed by atoms with E-state index in [1.807, 2.05) is 37.3 Å². The summed E-state index contributed by atoms with van der Waals surface area (Å²) < 4.78 is 5.16. The zero-order valence-electron chi connectivity index (χ0n) is 13.9. The number of carbonyl (C=O) groups excluding carboxylic acids is 3. The summed E-state index contributed by atoms with van der Waals surface area (Å²) in [5, 5.41) is 2.59. The monoisotopic (exact) mass is 474 g/mol. The van der Waals surface area contributed by atoms with Crippen molar-refractivity contribution >= 4 is 52.1 Å². The Balaban J connectivity index is 1.70. The van der Waals surface area contributed by atoms with Gasteiger partial charge in [0.05, 0.1) is 18.3 Å². The van der Waals surface area contributed by atoms with Gasteiger partial charge >= 0.3 is 5.97 Å². The molecule has 25 heavy (non-hydrogen) atoms. The first-order valence-corrected chi connectivity index (χ1v) is 10.3. The number of alkyl halides is 1. The molecule has 6 nitrogen and oxygen atoms in total. The van der Waals surface area contributed by atoms with Crippen LogP contribution in [0.4, 0.5) is 0 Å². The lowest BCUT2D eigenvalue weighted by molar-refractivity contribution is -0.162. The Labute approximate surface area is 164 Å². The number of halogens is 1. The SMILES string of the molecule is COC(=O)C1N2C(=O)C(NC(=O)Cc3ccccc3)[C@@H]2SC1(C)CI. The second-order valence-corrected chi connectivity index (χ2v) is 8.75. The van der Waals surface area contributed by atoms with E-state index in [-0.39, 0.29) is 23.6 Å². The van der Waals surface area contributed by atoms with Crippen molar-refractivity contribution in [2.24, 2.45) is 0 Å². The van der Waals surface area contributed by atoms with E-state index in [1.165, 1.54) is 7.11 Å². The normalized spacial score (nSPS) is 30.4. The molecule has 3 unspecified atom stereocenters. The van der Waals surface area contributed by atoms with Crippen LogP contribution in [0.1, 0.15) is 12.5 Å². The number of carbonyl (C=O) groups is 3. The van der Waals surface area contributed by atoms with Crippen LogP contribution in [0, 0.1) is 0 Å². The molecule has 8 heteroatoms. The molecule has 1 N–H and O–H groups in total. The highest BCUT2D eigenvalue weighted by molar-refractivity contribution is 14.1. The lowest BCUT2D eigenvalue weighted by Gasteiger charge is -2.43. The molecule has 134 valence electrons. The minimum atomic E-state index is -0.612. The fraction of sp³-hybridized carbons (Fsp3) is 0.471. The summed E-state index contributed by atoms with van der Waals surface area (Å²) in [5.74, 6) is -0.818. The van der Waals surface area contributed by atoms with Crippen LogP contribution in [0.2, 0.25) is 0 Å². The topological polar surface area (TPSA) is 75.7 Å². The molecule has 1 aromatic rings. The lowest BCUT2D eigenvalue weighted by Crippen LogP contribution is -2.71. The highest BCUT2D eigenvalue weighted by Crippen LogP contribution is 2.52. The molecule has 2 fully saturated rings. The quantitative estimate of drug-likeness (QED) is 0.302. The highest BCUT2D eigenvalue weighted by Gasteiger charge is 2.65. The van der Waals surface area contributed by atoms with Gasteiger partial charge in [-0.05, 0) is 12.5 Å². The Hall–Kier alpha value is -1.29. The second kappa shape index (κ2) is 7.14. The van der Waals surface area contributed by atoms with Crippen molar-refractivity contribution in [2.45, 2.75) is 35.5 Å². The van der Waals surface area contributed by atoms with Crippen LogP contribution in [0.3, 0.4) is 0 Å². The van der Waals surface area contributed by atoms with E-state index in [0.29, 0.717) is 4.43 Å². The maximum atomic E-state index is 12.6. The summed E-state index contributed by atoms with van der Waals surface area (Å²) >= 11 is 3.78. The number of hydrogen-bond acceptors (Lipinski definition) is 5. The fourth-order valence-electron chi connectivity index (χ4n) is 3.24. The number of nitrogens with one attached hydrogen (secondary N) is 1. The van der Waals surface area contributed by atoms with Crippen molar-refractivity contribution in [3.8, 4) is 0 Å². The molecule has 3 rings (SSSR count). The standard InChI is InChI=1S/C17H19IN2O4S/c1-17(9-18)13(16(23)24-2)20-14(22)12(15(20)25-17)19-11(21)8-10-6-4-3-5-7-10/h3-7,12-13,15H,8-9H2,1-2H3,(H,19,21)/t12?,13?,15-,17?/m0/s1. The Morgan fingerprint density at radius 2 is 2.04 bits per heavy atom. The van der Waals surface area contributed by atoms with Crippen molar-refractivity contribution in [1.29, 1.82) is 0 Å². The van der Waals surface area contributed by atoms with Gasteiger partial charge in [0.25, 0.3) is 0 Å². The van der Waals surface area contributed by atoms with Gasteiger partial charge in [-0.2, -0.15) is 0 Å². The number of fused-ring (bicyclic) bond motifs is 1. The van der Waals surface area contributed by atoms with Gasteiger partial charge < -0.3 is 15.0 Å². The van der Waals surface area contributed by atoms with Crippen LogP contribution >= 0.6 is 34.4 Å². The minimum Gasteiger partial charge on any atom is -0.467 e. The number of amides is 2. The molecular formula is C17H19IN2O4S. The van der Waals surface area contributed by atoms with E-state index in [4.69, 9.17) is 4.74 Å². The molecule has 0 saturated carbocycles. The third-order valence-corrected chi connectivity index (χ3v) is 8.29. The molecule has 4 atom stereocenters. The average molecular weight is 474 g/mol. The maximum Gasteiger partial charge on any atom is 0.330 e. The number of esters is 1. The van der Waals surface area contributed by atoms with Gasteiger partial charge in [-0.25, -0.2) is 4.79 Å². The third-order valence-electron chi connectivity index (χ3n) is 4.54. The zero-order chi connectivity index (χ0) is 18.2. The summed E-state index contributed by atoms with van der Waals surface area (Å²) in [4.78, 5) is 38.6. The van der Waals surface area contributed by atoms with Gasteiger partial charge in [-0.3, -0.25) is 9.59 Å². The number of β-lactam (4-membered cyclic amide) rings is 1. The largest absolute Gasteiger partial charge is 0.467 e. The summed E-state index contributed by atoms with van der Waals surface area (Å²) in [5.41, 5.74) is 0.896. The molecule has 0 aliphatic carbocycles. The first-order chi connectivity index (χ1) is 11.9. The van der Waals surface area contributed by atoms with Crippen LogP contribution in [0.15, 0.2) is 30.3 Å². The molecule has 0 aromatic heterocycles. The Kier molecular flexibility index (Phi) is 5.29. The first kappa shape index (κ1) is 18.5. The van der Waals surface area contributed by atoms with Crippen molar-refractivity contribution in [2.75, 3.05) is 11.5 Å². The maximum absolute atomic E-state index is 12.6. The molecular weight excluding hydrogens is 455 g/mol. The number of rotatable bonds is 5. The van der Waals surface area contributed by atoms with Crippen molar-refractivity contribution in [3.05, 3.63) is 35.9 Å². The molecule has 0 bridgehead atoms. The van der Waals surface area contributed by atoms with E-state index in [1.54, 1.807) is 16.7 Å². The van der Waals surface area contributed by atoms with Crippen molar-refractivity contribution < 1.29 is 19.1 Å². The number of thioether (sulfide) groups is 1. The highest BCUT2D eigenvalue weighted by atomic mass is 127. The van der Waals surface area contributed by atoms with Gasteiger partial charge in [0, 0.05) is 4.43 Å². The van der Waals surface area contributed by atoms with Gasteiger partial charge in [-0.15, -0.1) is 11.8 Å². The predicted molar refractivity (Wildman–Crippen MR) is 103 cm³/mol. The van der Waals surface area contributed by atoms with Crippen LogP contribution in [-0.4, -0.2) is 56.4 Å². The molecule has 2 saturated heterocycles. The van der Waals surface area contributed by atoms with Crippen molar-refractivity contribution in [3.63, 3.8) is 0 Å². The molecule has 2 aliphatic heterocycles.